The Kier molecular flexibility index (Phi) is 4.80. The van der Waals surface area contributed by atoms with Crippen LogP contribution in [0.2, 0.25) is 0 Å². The number of ether oxygens (including phenoxy) is 1. The van der Waals surface area contributed by atoms with Crippen molar-refractivity contribution in [1.29, 1.82) is 0 Å². The van der Waals surface area contributed by atoms with Gasteiger partial charge in [0.15, 0.2) is 0 Å². The van der Waals surface area contributed by atoms with Gasteiger partial charge >= 0.3 is 17.2 Å². The number of H-pyrrole nitrogens is 1. The predicted molar refractivity (Wildman–Crippen MR) is 68.2 cm³/mol. The zero-order chi connectivity index (χ0) is 14.6. The molecule has 0 fully saturated rings. The molecule has 0 aliphatic heterocycles. The van der Waals surface area contributed by atoms with Crippen LogP contribution >= 0.6 is 0 Å². The van der Waals surface area contributed by atoms with Crippen LogP contribution in [-0.2, 0) is 4.79 Å². The van der Waals surface area contributed by atoms with Gasteiger partial charge in [0, 0.05) is 11.8 Å². The van der Waals surface area contributed by atoms with Crippen LogP contribution in [0.1, 0.15) is 32.4 Å². The normalized spacial score (nSPS) is 10.5. The van der Waals surface area contributed by atoms with Gasteiger partial charge in [-0.2, -0.15) is 0 Å². The molecule has 0 aromatic carbocycles. The average Bonchev–Trinajstić information content (AvgIpc) is 2.28. The molecule has 7 nitrogen and oxygen atoms in total. The zero-order valence-electron chi connectivity index (χ0n) is 11.1. The van der Waals surface area contributed by atoms with Gasteiger partial charge in [0.2, 0.25) is 5.75 Å². The Morgan fingerprint density at radius 3 is 2.53 bits per heavy atom. The second-order valence-electron chi connectivity index (χ2n) is 4.19. The Bertz CT molecular complexity index is 546. The molecular weight excluding hydrogens is 252 g/mol. The van der Waals surface area contributed by atoms with Crippen molar-refractivity contribution in [2.45, 2.75) is 33.6 Å². The van der Waals surface area contributed by atoms with Crippen LogP contribution in [0.4, 0.5) is 5.69 Å². The molecule has 1 heterocycles. The molecule has 1 aromatic rings. The number of hydrogen-bond acceptors (Lipinski definition) is 5. The summed E-state index contributed by atoms with van der Waals surface area (Å²) in [6.45, 7) is 5.21. The minimum absolute atomic E-state index is 0.303. The van der Waals surface area contributed by atoms with Crippen LogP contribution in [0, 0.1) is 23.0 Å². The van der Waals surface area contributed by atoms with Gasteiger partial charge in [0.25, 0.3) is 0 Å². The first-order valence-corrected chi connectivity index (χ1v) is 6.00. The lowest BCUT2D eigenvalue weighted by Gasteiger charge is -2.11. The monoisotopic (exact) mass is 268 g/mol. The Morgan fingerprint density at radius 2 is 2.05 bits per heavy atom. The molecule has 0 radical (unpaired) electrons. The predicted octanol–water partition coefficient (Wildman–Crippen LogP) is 1.93. The summed E-state index contributed by atoms with van der Waals surface area (Å²) in [5.74, 6) is -1.19. The van der Waals surface area contributed by atoms with Crippen molar-refractivity contribution in [3.8, 4) is 5.75 Å². The molecule has 0 saturated heterocycles. The third-order valence-electron chi connectivity index (χ3n) is 2.82. The first-order chi connectivity index (χ1) is 8.90. The molecule has 0 bridgehead atoms. The van der Waals surface area contributed by atoms with Gasteiger partial charge in [0.05, 0.1) is 10.8 Å². The number of aryl methyl sites for hydroxylation is 1. The molecule has 0 aliphatic carbocycles. The number of nitro groups is 1. The second kappa shape index (κ2) is 6.12. The van der Waals surface area contributed by atoms with Gasteiger partial charge in [-0.1, -0.05) is 13.8 Å². The van der Waals surface area contributed by atoms with Crippen LogP contribution in [0.15, 0.2) is 10.9 Å². The number of rotatable bonds is 5. The van der Waals surface area contributed by atoms with E-state index < -0.39 is 22.1 Å². The highest BCUT2D eigenvalue weighted by Gasteiger charge is 2.25. The Morgan fingerprint density at radius 1 is 1.47 bits per heavy atom. The molecule has 1 aromatic heterocycles. The van der Waals surface area contributed by atoms with Crippen molar-refractivity contribution in [3.05, 3.63) is 32.2 Å². The molecule has 7 heteroatoms. The molecule has 0 atom stereocenters. The fraction of sp³-hybridized carbons (Fsp3) is 0.500. The van der Waals surface area contributed by atoms with E-state index in [1.54, 1.807) is 6.92 Å². The van der Waals surface area contributed by atoms with E-state index in [9.17, 15) is 19.7 Å². The van der Waals surface area contributed by atoms with E-state index in [2.05, 4.69) is 4.98 Å². The maximum atomic E-state index is 11.8. The third-order valence-corrected chi connectivity index (χ3v) is 2.82. The fourth-order valence-electron chi connectivity index (χ4n) is 1.72. The van der Waals surface area contributed by atoms with Crippen LogP contribution in [0.5, 0.6) is 5.75 Å². The summed E-state index contributed by atoms with van der Waals surface area (Å²) in [4.78, 5) is 35.6. The van der Waals surface area contributed by atoms with E-state index in [-0.39, 0.29) is 11.7 Å². The first-order valence-electron chi connectivity index (χ1n) is 6.00. The summed E-state index contributed by atoms with van der Waals surface area (Å²) < 4.78 is 5.01. The van der Waals surface area contributed by atoms with E-state index in [0.717, 1.165) is 0 Å². The molecule has 1 rings (SSSR count). The highest BCUT2D eigenvalue weighted by molar-refractivity contribution is 5.76. The van der Waals surface area contributed by atoms with Crippen molar-refractivity contribution >= 4 is 11.7 Å². The largest absolute Gasteiger partial charge is 0.419 e. The standard InChI is InChI=1S/C12H16N2O5/c1-4-8(5-2)12(16)19-9-6-7(3)13-11(15)10(9)14(17)18/h6,8H,4-5H2,1-3H3,(H,13,15). The van der Waals surface area contributed by atoms with Gasteiger partial charge in [0.1, 0.15) is 0 Å². The number of hydrogen-bond donors (Lipinski definition) is 1. The Balaban J connectivity index is 3.17. The van der Waals surface area contributed by atoms with Crippen molar-refractivity contribution in [2.24, 2.45) is 5.92 Å². The van der Waals surface area contributed by atoms with Gasteiger partial charge in [-0.3, -0.25) is 19.7 Å². The summed E-state index contributed by atoms with van der Waals surface area (Å²) in [7, 11) is 0. The summed E-state index contributed by atoms with van der Waals surface area (Å²) >= 11 is 0. The summed E-state index contributed by atoms with van der Waals surface area (Å²) in [6.07, 6.45) is 1.15. The number of esters is 1. The lowest BCUT2D eigenvalue weighted by Crippen LogP contribution is -2.22. The van der Waals surface area contributed by atoms with E-state index in [0.29, 0.717) is 18.5 Å². The van der Waals surface area contributed by atoms with Crippen LogP contribution in [-0.4, -0.2) is 15.9 Å². The maximum absolute atomic E-state index is 11.8. The number of nitrogens with one attached hydrogen (secondary N) is 1. The maximum Gasteiger partial charge on any atom is 0.376 e. The van der Waals surface area contributed by atoms with Crippen LogP contribution < -0.4 is 10.3 Å². The number of carbonyl (C=O) groups is 1. The summed E-state index contributed by atoms with van der Waals surface area (Å²) in [5.41, 5.74) is -1.23. The number of aromatic nitrogens is 1. The minimum Gasteiger partial charge on any atom is -0.419 e. The van der Waals surface area contributed by atoms with E-state index in [1.165, 1.54) is 6.07 Å². The Hall–Kier alpha value is -2.18. The summed E-state index contributed by atoms with van der Waals surface area (Å²) in [6, 6.07) is 1.28. The van der Waals surface area contributed by atoms with Gasteiger partial charge < -0.3 is 9.72 Å². The lowest BCUT2D eigenvalue weighted by molar-refractivity contribution is -0.387. The number of nitrogens with zero attached hydrogens (tertiary/aromatic N) is 1. The van der Waals surface area contributed by atoms with Gasteiger partial charge in [-0.25, -0.2) is 0 Å². The van der Waals surface area contributed by atoms with Gasteiger partial charge in [-0.15, -0.1) is 0 Å². The average molecular weight is 268 g/mol. The molecule has 0 spiro atoms. The zero-order valence-corrected chi connectivity index (χ0v) is 11.1. The van der Waals surface area contributed by atoms with Crippen molar-refractivity contribution in [3.63, 3.8) is 0 Å². The number of carbonyl (C=O) groups excluding carboxylic acids is 1. The minimum atomic E-state index is -0.877. The lowest BCUT2D eigenvalue weighted by atomic mass is 10.0. The Labute approximate surface area is 109 Å². The smallest absolute Gasteiger partial charge is 0.376 e. The van der Waals surface area contributed by atoms with E-state index in [4.69, 9.17) is 4.74 Å². The number of pyridine rings is 1. The van der Waals surface area contributed by atoms with Gasteiger partial charge in [-0.05, 0) is 19.8 Å². The fourth-order valence-corrected chi connectivity index (χ4v) is 1.72. The first kappa shape index (κ1) is 14.9. The number of aromatic amines is 1. The van der Waals surface area contributed by atoms with E-state index >= 15 is 0 Å². The highest BCUT2D eigenvalue weighted by atomic mass is 16.6. The van der Waals surface area contributed by atoms with Crippen LogP contribution in [0.3, 0.4) is 0 Å². The summed E-state index contributed by atoms with van der Waals surface area (Å²) in [5, 5.41) is 10.8. The topological polar surface area (TPSA) is 102 Å². The van der Waals surface area contributed by atoms with Crippen LogP contribution in [0.25, 0.3) is 0 Å². The van der Waals surface area contributed by atoms with Crippen molar-refractivity contribution < 1.29 is 14.5 Å². The molecule has 0 amide bonds. The molecule has 1 N–H and O–H groups in total. The van der Waals surface area contributed by atoms with E-state index in [1.807, 2.05) is 13.8 Å². The highest BCUT2D eigenvalue weighted by Crippen LogP contribution is 2.24. The van der Waals surface area contributed by atoms with Crippen molar-refractivity contribution in [1.82, 2.24) is 4.98 Å². The third kappa shape index (κ3) is 3.40. The molecule has 19 heavy (non-hydrogen) atoms. The molecule has 104 valence electrons. The quantitative estimate of drug-likeness (QED) is 0.499. The molecule has 0 aliphatic rings. The SMILES string of the molecule is CCC(CC)C(=O)Oc1cc(C)[nH]c(=O)c1[N+](=O)[O-]. The second-order valence-corrected chi connectivity index (χ2v) is 4.19. The molecular formula is C12H16N2O5. The molecule has 0 unspecified atom stereocenters. The molecule has 0 saturated carbocycles. The van der Waals surface area contributed by atoms with Crippen molar-refractivity contribution in [2.75, 3.05) is 0 Å².